The van der Waals surface area contributed by atoms with Crippen molar-refractivity contribution in [3.05, 3.63) is 34.3 Å². The smallest absolute Gasteiger partial charge is 0.166 e. The molecule has 0 bridgehead atoms. The summed E-state index contributed by atoms with van der Waals surface area (Å²) in [6.45, 7) is 0. The second-order valence-electron chi connectivity index (χ2n) is 1.91. The van der Waals surface area contributed by atoms with Crippen LogP contribution in [0.3, 0.4) is 0 Å². The van der Waals surface area contributed by atoms with E-state index in [2.05, 4.69) is 22.0 Å². The minimum absolute atomic E-state index is 0.312. The maximum absolute atomic E-state index is 11.9. The number of alkyl halides is 3. The minimum Gasteiger partial charge on any atom is -0.166 e. The summed E-state index contributed by atoms with van der Waals surface area (Å²) in [5, 5.41) is 0. The minimum atomic E-state index is -4.30. The van der Waals surface area contributed by atoms with E-state index in [1.54, 1.807) is 0 Å². The molecule has 0 aliphatic heterocycles. The molecule has 0 aliphatic carbocycles. The summed E-state index contributed by atoms with van der Waals surface area (Å²) in [5.74, 6) is 0. The molecule has 1 radical (unpaired) electrons. The maximum Gasteiger partial charge on any atom is 0.417 e. The van der Waals surface area contributed by atoms with Crippen LogP contribution in [0.4, 0.5) is 13.2 Å². The molecule has 0 amide bonds. The molecule has 0 saturated heterocycles. The third-order valence-corrected chi connectivity index (χ3v) is 1.53. The lowest BCUT2D eigenvalue weighted by Gasteiger charge is -2.04. The van der Waals surface area contributed by atoms with Crippen LogP contribution in [0.2, 0.25) is 0 Å². The molecule has 0 N–H and O–H groups in total. The zero-order chi connectivity index (χ0) is 8.48. The second-order valence-corrected chi connectivity index (χ2v) is 2.76. The zero-order valence-corrected chi connectivity index (χ0v) is 6.83. The summed E-state index contributed by atoms with van der Waals surface area (Å²) in [6.07, 6.45) is -4.30. The van der Waals surface area contributed by atoms with Crippen molar-refractivity contribution in [3.8, 4) is 0 Å². The number of halogens is 4. The number of benzene rings is 1. The predicted molar refractivity (Wildman–Crippen MR) is 38.0 cm³/mol. The Morgan fingerprint density at radius 1 is 1.27 bits per heavy atom. The first-order chi connectivity index (χ1) is 5.00. The summed E-state index contributed by atoms with van der Waals surface area (Å²) < 4.78 is 36.1. The first-order valence-electron chi connectivity index (χ1n) is 2.75. The molecule has 59 valence electrons. The van der Waals surface area contributed by atoms with E-state index < -0.39 is 11.7 Å². The van der Waals surface area contributed by atoms with Crippen molar-refractivity contribution < 1.29 is 13.2 Å². The lowest BCUT2D eigenvalue weighted by Crippen LogP contribution is -2.04. The molecule has 0 aromatic heterocycles. The van der Waals surface area contributed by atoms with E-state index in [9.17, 15) is 13.2 Å². The fourth-order valence-corrected chi connectivity index (χ4v) is 0.972. The van der Waals surface area contributed by atoms with E-state index in [4.69, 9.17) is 0 Å². The van der Waals surface area contributed by atoms with Crippen molar-refractivity contribution in [2.45, 2.75) is 6.18 Å². The third kappa shape index (κ3) is 2.22. The summed E-state index contributed by atoms with van der Waals surface area (Å²) in [6, 6.07) is 5.93. The molecule has 0 unspecified atom stereocenters. The Morgan fingerprint density at radius 2 is 1.91 bits per heavy atom. The molecule has 0 fully saturated rings. The fraction of sp³-hybridized carbons (Fsp3) is 0.143. The van der Waals surface area contributed by atoms with E-state index >= 15 is 0 Å². The van der Waals surface area contributed by atoms with Gasteiger partial charge in [0.1, 0.15) is 0 Å². The maximum atomic E-state index is 11.9. The largest absolute Gasteiger partial charge is 0.417 e. The Morgan fingerprint density at radius 3 is 2.27 bits per heavy atom. The first-order valence-corrected chi connectivity index (χ1v) is 3.54. The SMILES string of the molecule is FC(F)(F)c1[c]c(Br)ccc1. The van der Waals surface area contributed by atoms with Crippen LogP contribution in [-0.2, 0) is 6.18 Å². The van der Waals surface area contributed by atoms with Gasteiger partial charge in [0.25, 0.3) is 0 Å². The van der Waals surface area contributed by atoms with Crippen LogP contribution in [0.15, 0.2) is 22.7 Å². The molecule has 1 rings (SSSR count). The van der Waals surface area contributed by atoms with Crippen molar-refractivity contribution in [1.82, 2.24) is 0 Å². The normalized spacial score (nSPS) is 11.6. The first kappa shape index (κ1) is 8.59. The molecule has 0 heterocycles. The van der Waals surface area contributed by atoms with E-state index in [0.29, 0.717) is 4.47 Å². The topological polar surface area (TPSA) is 0 Å². The van der Waals surface area contributed by atoms with Crippen LogP contribution in [0.25, 0.3) is 0 Å². The van der Waals surface area contributed by atoms with Gasteiger partial charge in [0.15, 0.2) is 0 Å². The molecule has 4 heteroatoms. The van der Waals surface area contributed by atoms with Crippen LogP contribution < -0.4 is 0 Å². The van der Waals surface area contributed by atoms with Crippen LogP contribution in [0.5, 0.6) is 0 Å². The fourth-order valence-electron chi connectivity index (χ4n) is 0.606. The highest BCUT2D eigenvalue weighted by Crippen LogP contribution is 2.29. The van der Waals surface area contributed by atoms with Gasteiger partial charge in [-0.15, -0.1) is 0 Å². The lowest BCUT2D eigenvalue weighted by molar-refractivity contribution is -0.137. The Hall–Kier alpha value is -0.510. The van der Waals surface area contributed by atoms with Crippen LogP contribution in [0.1, 0.15) is 5.56 Å². The third-order valence-electron chi connectivity index (χ3n) is 1.06. The van der Waals surface area contributed by atoms with Gasteiger partial charge < -0.3 is 0 Å². The molecular weight excluding hydrogens is 221 g/mol. The van der Waals surface area contributed by atoms with Crippen molar-refractivity contribution in [3.63, 3.8) is 0 Å². The molecule has 0 aliphatic rings. The summed E-state index contributed by atoms with van der Waals surface area (Å²) in [7, 11) is 0. The van der Waals surface area contributed by atoms with Crippen LogP contribution in [-0.4, -0.2) is 0 Å². The molecule has 0 nitrogen and oxygen atoms in total. The van der Waals surface area contributed by atoms with E-state index in [1.165, 1.54) is 12.1 Å². The zero-order valence-electron chi connectivity index (χ0n) is 5.24. The quantitative estimate of drug-likeness (QED) is 0.634. The van der Waals surface area contributed by atoms with Crippen molar-refractivity contribution in [1.29, 1.82) is 0 Å². The number of rotatable bonds is 0. The van der Waals surface area contributed by atoms with Crippen LogP contribution in [0, 0.1) is 6.07 Å². The van der Waals surface area contributed by atoms with Gasteiger partial charge in [-0.05, 0) is 12.1 Å². The lowest BCUT2D eigenvalue weighted by atomic mass is 10.2. The van der Waals surface area contributed by atoms with Crippen molar-refractivity contribution in [2.75, 3.05) is 0 Å². The standard InChI is InChI=1S/C7H3BrF3/c8-6-3-1-2-5(4-6)7(9,10)11/h1-3H. The summed E-state index contributed by atoms with van der Waals surface area (Å²) in [4.78, 5) is 0. The molecule has 1 aromatic carbocycles. The van der Waals surface area contributed by atoms with Gasteiger partial charge in [-0.25, -0.2) is 0 Å². The predicted octanol–water partition coefficient (Wildman–Crippen LogP) is 3.27. The van der Waals surface area contributed by atoms with Crippen molar-refractivity contribution in [2.24, 2.45) is 0 Å². The number of hydrogen-bond acceptors (Lipinski definition) is 0. The molecular formula is C7H3BrF3. The van der Waals surface area contributed by atoms with Gasteiger partial charge in [0.05, 0.1) is 5.56 Å². The Bertz CT molecular complexity index is 254. The van der Waals surface area contributed by atoms with E-state index in [1.807, 2.05) is 0 Å². The van der Waals surface area contributed by atoms with Gasteiger partial charge in [0, 0.05) is 10.5 Å². The Balaban J connectivity index is 3.06. The van der Waals surface area contributed by atoms with Gasteiger partial charge in [-0.2, -0.15) is 13.2 Å². The number of hydrogen-bond donors (Lipinski definition) is 0. The molecule has 0 atom stereocenters. The summed E-state index contributed by atoms with van der Waals surface area (Å²) >= 11 is 2.90. The average molecular weight is 224 g/mol. The second kappa shape index (κ2) is 2.85. The van der Waals surface area contributed by atoms with Crippen LogP contribution >= 0.6 is 15.9 Å². The Labute approximate surface area is 70.2 Å². The van der Waals surface area contributed by atoms with E-state index in [0.717, 1.165) is 6.07 Å². The molecule has 0 spiro atoms. The highest BCUT2D eigenvalue weighted by Gasteiger charge is 2.30. The van der Waals surface area contributed by atoms with Gasteiger partial charge in [-0.1, -0.05) is 22.0 Å². The highest BCUT2D eigenvalue weighted by atomic mass is 79.9. The van der Waals surface area contributed by atoms with Gasteiger partial charge in [0.2, 0.25) is 0 Å². The van der Waals surface area contributed by atoms with Gasteiger partial charge in [-0.3, -0.25) is 0 Å². The van der Waals surface area contributed by atoms with Gasteiger partial charge >= 0.3 is 6.18 Å². The van der Waals surface area contributed by atoms with E-state index in [-0.39, 0.29) is 0 Å². The Kier molecular flexibility index (Phi) is 2.23. The molecule has 11 heavy (non-hydrogen) atoms. The molecule has 1 aromatic rings. The average Bonchev–Trinajstić information content (AvgIpc) is 1.86. The molecule has 0 saturated carbocycles. The van der Waals surface area contributed by atoms with Crippen molar-refractivity contribution >= 4 is 15.9 Å². The summed E-state index contributed by atoms with van der Waals surface area (Å²) in [5.41, 5.74) is -0.758. The highest BCUT2D eigenvalue weighted by molar-refractivity contribution is 9.10. The monoisotopic (exact) mass is 223 g/mol.